The number of hydrogen-bond donors (Lipinski definition) is 2. The maximum absolute atomic E-state index is 13.9. The summed E-state index contributed by atoms with van der Waals surface area (Å²) in [6.07, 6.45) is 3.37. The van der Waals surface area contributed by atoms with Crippen molar-refractivity contribution in [3.8, 4) is 11.3 Å². The monoisotopic (exact) mass is 473 g/mol. The van der Waals surface area contributed by atoms with Crippen LogP contribution in [-0.2, 0) is 24.4 Å². The van der Waals surface area contributed by atoms with E-state index in [1.807, 2.05) is 17.7 Å². The molecular formula is C23H25ClFN5O3. The first-order valence-electron chi connectivity index (χ1n) is 10.6. The average molecular weight is 474 g/mol. The number of anilines is 1. The summed E-state index contributed by atoms with van der Waals surface area (Å²) in [5, 5.41) is 13.1. The zero-order valence-corrected chi connectivity index (χ0v) is 19.1. The Balaban J connectivity index is 1.70. The number of rotatable bonds is 8. The highest BCUT2D eigenvalue weighted by Gasteiger charge is 2.34. The first-order valence-corrected chi connectivity index (χ1v) is 11.0. The predicted molar refractivity (Wildman–Crippen MR) is 122 cm³/mol. The van der Waals surface area contributed by atoms with Gasteiger partial charge in [0.1, 0.15) is 11.5 Å². The molecule has 2 aromatic heterocycles. The summed E-state index contributed by atoms with van der Waals surface area (Å²) in [7, 11) is 1.57. The van der Waals surface area contributed by atoms with E-state index in [-0.39, 0.29) is 25.1 Å². The number of benzene rings is 1. The highest BCUT2D eigenvalue weighted by atomic mass is 35.5. The fraction of sp³-hybridized carbons (Fsp3) is 0.348. The smallest absolute Gasteiger partial charge is 0.271 e. The van der Waals surface area contributed by atoms with Crippen LogP contribution in [0.1, 0.15) is 28.5 Å². The van der Waals surface area contributed by atoms with Crippen LogP contribution in [0.4, 0.5) is 10.3 Å². The molecule has 0 saturated heterocycles. The summed E-state index contributed by atoms with van der Waals surface area (Å²) in [6.45, 7) is 3.31. The number of fused-ring (bicyclic) bond motifs is 1. The molecule has 1 atom stereocenters. The zero-order chi connectivity index (χ0) is 23.5. The molecule has 1 amide bonds. The van der Waals surface area contributed by atoms with Gasteiger partial charge in [0.15, 0.2) is 0 Å². The molecular weight excluding hydrogens is 449 g/mol. The number of aliphatic hydroxyl groups excluding tert-OH is 1. The Labute approximate surface area is 196 Å². The van der Waals surface area contributed by atoms with Crippen LogP contribution in [0, 0.1) is 5.82 Å². The second-order valence-electron chi connectivity index (χ2n) is 7.80. The summed E-state index contributed by atoms with van der Waals surface area (Å²) in [4.78, 5) is 23.8. The van der Waals surface area contributed by atoms with E-state index >= 15 is 0 Å². The van der Waals surface area contributed by atoms with Crippen molar-refractivity contribution < 1.29 is 19.0 Å². The molecule has 0 spiro atoms. The molecule has 1 aliphatic rings. The van der Waals surface area contributed by atoms with Crippen molar-refractivity contribution in [3.05, 3.63) is 64.3 Å². The van der Waals surface area contributed by atoms with E-state index in [4.69, 9.17) is 16.3 Å². The van der Waals surface area contributed by atoms with Crippen LogP contribution in [0.3, 0.4) is 0 Å². The highest BCUT2D eigenvalue weighted by molar-refractivity contribution is 6.33. The van der Waals surface area contributed by atoms with Gasteiger partial charge in [-0.25, -0.2) is 14.4 Å². The van der Waals surface area contributed by atoms with Crippen LogP contribution in [0.15, 0.2) is 36.7 Å². The zero-order valence-electron chi connectivity index (χ0n) is 18.4. The minimum absolute atomic E-state index is 0.153. The Bertz CT molecular complexity index is 1170. The van der Waals surface area contributed by atoms with E-state index in [1.165, 1.54) is 24.4 Å². The van der Waals surface area contributed by atoms with Gasteiger partial charge in [-0.3, -0.25) is 4.79 Å². The Morgan fingerprint density at radius 2 is 2.15 bits per heavy atom. The van der Waals surface area contributed by atoms with Gasteiger partial charge in [0.25, 0.3) is 5.91 Å². The van der Waals surface area contributed by atoms with Crippen LogP contribution in [0.25, 0.3) is 11.3 Å². The number of carbonyl (C=O) groups excluding carboxylic acids is 1. The minimum atomic E-state index is -0.421. The second kappa shape index (κ2) is 9.86. The molecule has 8 nitrogen and oxygen atoms in total. The maximum atomic E-state index is 13.9. The lowest BCUT2D eigenvalue weighted by atomic mass is 10.0. The normalized spacial score (nSPS) is 15.6. The number of aromatic nitrogens is 3. The van der Waals surface area contributed by atoms with Gasteiger partial charge in [-0.05, 0) is 36.2 Å². The Morgan fingerprint density at radius 1 is 1.33 bits per heavy atom. The van der Waals surface area contributed by atoms with Crippen molar-refractivity contribution in [3.63, 3.8) is 0 Å². The molecule has 0 fully saturated rings. The van der Waals surface area contributed by atoms with E-state index in [9.17, 15) is 14.3 Å². The topological polar surface area (TPSA) is 92.5 Å². The van der Waals surface area contributed by atoms with Crippen molar-refractivity contribution in [2.45, 2.75) is 32.7 Å². The van der Waals surface area contributed by atoms with Gasteiger partial charge in [0.05, 0.1) is 36.2 Å². The Morgan fingerprint density at radius 3 is 2.88 bits per heavy atom. The van der Waals surface area contributed by atoms with Crippen molar-refractivity contribution in [1.29, 1.82) is 0 Å². The number of carbonyl (C=O) groups is 1. The second-order valence-corrected chi connectivity index (χ2v) is 8.21. The number of aliphatic hydroxyl groups is 1. The van der Waals surface area contributed by atoms with E-state index < -0.39 is 5.82 Å². The van der Waals surface area contributed by atoms with Crippen LogP contribution in [-0.4, -0.2) is 56.8 Å². The van der Waals surface area contributed by atoms with Crippen LogP contribution < -0.4 is 5.32 Å². The van der Waals surface area contributed by atoms with Crippen LogP contribution >= 0.6 is 11.6 Å². The highest BCUT2D eigenvalue weighted by Crippen LogP contribution is 2.31. The third-order valence-corrected chi connectivity index (χ3v) is 5.89. The SMILES string of the molecule is CCNc1ncc(Cl)c(-c2cc3n(c2)CC(COC)N(Cc2cc(F)ccc2CO)C3=O)n1. The van der Waals surface area contributed by atoms with E-state index in [2.05, 4.69) is 15.3 Å². The van der Waals surface area contributed by atoms with Gasteiger partial charge in [-0.1, -0.05) is 17.7 Å². The van der Waals surface area contributed by atoms with Gasteiger partial charge in [-0.15, -0.1) is 0 Å². The molecule has 0 bridgehead atoms. The standard InChI is InChI=1S/C23H25ClFN5O3/c1-3-26-23-27-8-19(24)21(28-23)16-7-20-22(32)30(18(13-33-2)11-29(20)9-16)10-15-6-17(25)5-4-14(15)12-31/h4-9,18,31H,3,10-13H2,1-2H3,(H,26,27,28). The Hall–Kier alpha value is -3.01. The Kier molecular flexibility index (Phi) is 6.92. The van der Waals surface area contributed by atoms with Gasteiger partial charge >= 0.3 is 0 Å². The summed E-state index contributed by atoms with van der Waals surface area (Å²) in [6, 6.07) is 5.66. The molecule has 0 aliphatic carbocycles. The summed E-state index contributed by atoms with van der Waals surface area (Å²) in [5.41, 5.74) is 2.83. The number of ether oxygens (including phenoxy) is 1. The molecule has 3 heterocycles. The lowest BCUT2D eigenvalue weighted by Crippen LogP contribution is -2.49. The number of halogens is 2. The number of nitrogens with one attached hydrogen (secondary N) is 1. The lowest BCUT2D eigenvalue weighted by molar-refractivity contribution is 0.0386. The molecule has 0 radical (unpaired) electrons. The molecule has 1 aromatic carbocycles. The molecule has 10 heteroatoms. The quantitative estimate of drug-likeness (QED) is 0.521. The van der Waals surface area contributed by atoms with Gasteiger partial charge in [0, 0.05) is 38.5 Å². The maximum Gasteiger partial charge on any atom is 0.271 e. The van der Waals surface area contributed by atoms with Crippen molar-refractivity contribution in [1.82, 2.24) is 19.4 Å². The van der Waals surface area contributed by atoms with Crippen molar-refractivity contribution in [2.75, 3.05) is 25.6 Å². The molecule has 3 aromatic rings. The number of hydrogen-bond acceptors (Lipinski definition) is 6. The van der Waals surface area contributed by atoms with Gasteiger partial charge in [-0.2, -0.15) is 0 Å². The van der Waals surface area contributed by atoms with Crippen molar-refractivity contribution >= 4 is 23.5 Å². The van der Waals surface area contributed by atoms with E-state index in [1.54, 1.807) is 18.1 Å². The summed E-state index contributed by atoms with van der Waals surface area (Å²) >= 11 is 6.36. The molecule has 4 rings (SSSR count). The molecule has 33 heavy (non-hydrogen) atoms. The molecule has 174 valence electrons. The van der Waals surface area contributed by atoms with E-state index in [0.717, 1.165) is 0 Å². The summed E-state index contributed by atoms with van der Waals surface area (Å²) < 4.78 is 21.1. The fourth-order valence-corrected chi connectivity index (χ4v) is 4.24. The number of nitrogens with zero attached hydrogens (tertiary/aromatic N) is 4. The summed E-state index contributed by atoms with van der Waals surface area (Å²) in [5.74, 6) is -0.191. The number of amides is 1. The fourth-order valence-electron chi connectivity index (χ4n) is 4.04. The third kappa shape index (κ3) is 4.71. The molecule has 1 aliphatic heterocycles. The lowest BCUT2D eigenvalue weighted by Gasteiger charge is -2.36. The van der Waals surface area contributed by atoms with Crippen LogP contribution in [0.5, 0.6) is 0 Å². The first kappa shape index (κ1) is 23.2. The van der Waals surface area contributed by atoms with E-state index in [0.29, 0.717) is 58.7 Å². The largest absolute Gasteiger partial charge is 0.392 e. The minimum Gasteiger partial charge on any atom is -0.392 e. The van der Waals surface area contributed by atoms with Crippen molar-refractivity contribution in [2.24, 2.45) is 0 Å². The average Bonchev–Trinajstić information content (AvgIpc) is 3.22. The predicted octanol–water partition coefficient (Wildman–Crippen LogP) is 3.33. The molecule has 0 saturated carbocycles. The van der Waals surface area contributed by atoms with Crippen LogP contribution in [0.2, 0.25) is 5.02 Å². The third-order valence-electron chi connectivity index (χ3n) is 5.62. The first-order chi connectivity index (χ1) is 15.9. The molecule has 1 unspecified atom stereocenters. The van der Waals surface area contributed by atoms with Gasteiger partial charge < -0.3 is 24.6 Å². The molecule has 2 N–H and O–H groups in total. The van der Waals surface area contributed by atoms with Gasteiger partial charge in [0.2, 0.25) is 5.95 Å². The number of methoxy groups -OCH3 is 1.